The topological polar surface area (TPSA) is 130 Å². The van der Waals surface area contributed by atoms with E-state index in [-0.39, 0.29) is 48.3 Å². The molecule has 2 amide bonds. The highest BCUT2D eigenvalue weighted by atomic mass is 19.3. The Bertz CT molecular complexity index is 1870. The number of nitrogens with two attached hydrogens (primary N) is 1. The Morgan fingerprint density at radius 1 is 1.15 bits per heavy atom. The second-order valence-electron chi connectivity index (χ2n) is 13.4. The molecule has 0 spiro atoms. The number of carbonyl (C=O) groups is 2. The zero-order valence-electron chi connectivity index (χ0n) is 27.1. The van der Waals surface area contributed by atoms with E-state index < -0.39 is 12.5 Å². The summed E-state index contributed by atoms with van der Waals surface area (Å²) in [6.45, 7) is 2.16. The zero-order valence-corrected chi connectivity index (χ0v) is 27.1. The standard InChI is InChI=1S/C34H41F2N7O4/c1-18-24-8-7-20-14-26(43(30(20)39-24)17-34(35,36)10-5-6-19-12-22(19)32(44)38-18)31-40-25-13-21(15-28(47-4)29(25)41(31)2)33(45)42-11-9-27(46-3)23(37)16-42/h7-8,13-15,18-19,22-23,27H,5-6,9-12,16-17,37H2,1-4H3,(H,38,44)/t18-,19-,22-,23+,27-/m1/s1. The number of benzene rings is 1. The molecule has 13 heteroatoms. The number of alkyl halides is 2. The first-order chi connectivity index (χ1) is 22.5. The van der Waals surface area contributed by atoms with Crippen LogP contribution in [0.15, 0.2) is 30.3 Å². The normalized spacial score (nSPS) is 26.2. The molecule has 250 valence electrons. The van der Waals surface area contributed by atoms with Crippen LogP contribution in [-0.4, -0.2) is 81.2 Å². The molecular weight excluding hydrogens is 608 g/mol. The Kier molecular flexibility index (Phi) is 7.94. The number of likely N-dealkylation sites (tertiary alicyclic amines) is 1. The van der Waals surface area contributed by atoms with Gasteiger partial charge in [0.25, 0.3) is 11.8 Å². The number of nitrogens with zero attached hydrogens (tertiary/aromatic N) is 5. The molecule has 3 N–H and O–H groups in total. The number of hydrogen-bond donors (Lipinski definition) is 2. The van der Waals surface area contributed by atoms with Gasteiger partial charge in [-0.3, -0.25) is 9.59 Å². The summed E-state index contributed by atoms with van der Waals surface area (Å²) in [5, 5.41) is 3.75. The Labute approximate surface area is 271 Å². The molecule has 0 unspecified atom stereocenters. The highest BCUT2D eigenvalue weighted by Gasteiger charge is 2.43. The van der Waals surface area contributed by atoms with E-state index in [9.17, 15) is 9.59 Å². The number of nitrogens with one attached hydrogen (secondary N) is 1. The van der Waals surface area contributed by atoms with Crippen molar-refractivity contribution < 1.29 is 27.8 Å². The molecule has 0 radical (unpaired) electrons. The smallest absolute Gasteiger partial charge is 0.265 e. The molecule has 4 aromatic rings. The summed E-state index contributed by atoms with van der Waals surface area (Å²) in [5.74, 6) is -2.34. The van der Waals surface area contributed by atoms with Gasteiger partial charge in [-0.25, -0.2) is 18.7 Å². The van der Waals surface area contributed by atoms with Gasteiger partial charge in [0.2, 0.25) is 5.91 Å². The molecule has 47 heavy (non-hydrogen) atoms. The van der Waals surface area contributed by atoms with Crippen molar-refractivity contribution in [1.82, 2.24) is 29.3 Å². The van der Waals surface area contributed by atoms with Crippen LogP contribution in [0.4, 0.5) is 8.78 Å². The molecule has 5 heterocycles. The Morgan fingerprint density at radius 3 is 2.70 bits per heavy atom. The summed E-state index contributed by atoms with van der Waals surface area (Å²) >= 11 is 0. The molecule has 1 aliphatic carbocycles. The molecule has 1 saturated heterocycles. The number of aromatic nitrogens is 4. The summed E-state index contributed by atoms with van der Waals surface area (Å²) in [6.07, 6.45) is 1.90. The molecule has 3 aliphatic rings. The van der Waals surface area contributed by atoms with Gasteiger partial charge in [0.05, 0.1) is 42.7 Å². The monoisotopic (exact) mass is 649 g/mol. The van der Waals surface area contributed by atoms with E-state index in [1.807, 2.05) is 25.1 Å². The minimum absolute atomic E-state index is 0.0434. The number of aryl methyl sites for hydroxylation is 1. The van der Waals surface area contributed by atoms with Gasteiger partial charge < -0.3 is 34.6 Å². The van der Waals surface area contributed by atoms with E-state index in [2.05, 4.69) is 5.32 Å². The minimum atomic E-state index is -3.01. The van der Waals surface area contributed by atoms with Gasteiger partial charge in [0, 0.05) is 56.6 Å². The van der Waals surface area contributed by atoms with Crippen LogP contribution in [0.3, 0.4) is 0 Å². The number of carbonyl (C=O) groups excluding carboxylic acids is 2. The second kappa shape index (κ2) is 11.9. The van der Waals surface area contributed by atoms with Crippen molar-refractivity contribution in [1.29, 1.82) is 0 Å². The van der Waals surface area contributed by atoms with Crippen LogP contribution in [0.2, 0.25) is 0 Å². The number of piperidine rings is 1. The van der Waals surface area contributed by atoms with Crippen LogP contribution in [0.1, 0.15) is 61.1 Å². The number of hydrogen-bond acceptors (Lipinski definition) is 7. The highest BCUT2D eigenvalue weighted by molar-refractivity contribution is 6.00. The average molecular weight is 650 g/mol. The van der Waals surface area contributed by atoms with E-state index in [1.165, 1.54) is 7.11 Å². The fraction of sp³-hybridized carbons (Fsp3) is 0.529. The lowest BCUT2D eigenvalue weighted by Gasteiger charge is -2.36. The zero-order chi connectivity index (χ0) is 33.2. The SMILES string of the molecule is COc1cc(C(=O)N2CC[C@@H](OC)[C@@H](N)C2)cc2nc(-c3cc4ccc5nc4n3CC(F)(F)CCC[C@@H]3C[C@H]3C(=O)N[C@@H]5C)n(C)c12. The Balaban J connectivity index is 1.31. The third-order valence-corrected chi connectivity index (χ3v) is 10.1. The quantitative estimate of drug-likeness (QED) is 0.335. The third kappa shape index (κ3) is 5.73. The van der Waals surface area contributed by atoms with E-state index in [4.69, 9.17) is 25.2 Å². The molecule has 2 aliphatic heterocycles. The summed E-state index contributed by atoms with van der Waals surface area (Å²) < 4.78 is 46.0. The van der Waals surface area contributed by atoms with Crippen molar-refractivity contribution >= 4 is 33.9 Å². The minimum Gasteiger partial charge on any atom is -0.494 e. The number of fused-ring (bicyclic) bond motifs is 3. The van der Waals surface area contributed by atoms with E-state index in [0.29, 0.717) is 82.9 Å². The maximum absolute atomic E-state index is 15.7. The lowest BCUT2D eigenvalue weighted by molar-refractivity contribution is -0.123. The van der Waals surface area contributed by atoms with Crippen molar-refractivity contribution in [2.45, 2.75) is 69.7 Å². The molecular formula is C34H41F2N7O4. The van der Waals surface area contributed by atoms with Crippen LogP contribution in [0.5, 0.6) is 5.75 Å². The molecule has 11 nitrogen and oxygen atoms in total. The number of pyridine rings is 1. The molecule has 2 fully saturated rings. The fourth-order valence-electron chi connectivity index (χ4n) is 7.38. The summed E-state index contributed by atoms with van der Waals surface area (Å²) in [7, 11) is 4.95. The summed E-state index contributed by atoms with van der Waals surface area (Å²) in [4.78, 5) is 37.9. The Morgan fingerprint density at radius 2 is 1.96 bits per heavy atom. The number of imidazole rings is 1. The molecule has 3 aromatic heterocycles. The summed E-state index contributed by atoms with van der Waals surface area (Å²) in [6, 6.07) is 8.21. The van der Waals surface area contributed by atoms with Gasteiger partial charge in [-0.15, -0.1) is 0 Å². The summed E-state index contributed by atoms with van der Waals surface area (Å²) in [5.41, 5.74) is 9.25. The van der Waals surface area contributed by atoms with Crippen LogP contribution in [0.25, 0.3) is 33.6 Å². The van der Waals surface area contributed by atoms with Crippen molar-refractivity contribution in [2.24, 2.45) is 24.6 Å². The number of methoxy groups -OCH3 is 2. The lowest BCUT2D eigenvalue weighted by Crippen LogP contribution is -2.53. The van der Waals surface area contributed by atoms with E-state index in [1.54, 1.807) is 40.3 Å². The van der Waals surface area contributed by atoms with Gasteiger partial charge >= 0.3 is 0 Å². The van der Waals surface area contributed by atoms with Gasteiger partial charge in [-0.2, -0.15) is 0 Å². The maximum Gasteiger partial charge on any atom is 0.265 e. The number of amides is 2. The van der Waals surface area contributed by atoms with Gasteiger partial charge in [0.15, 0.2) is 5.82 Å². The first-order valence-corrected chi connectivity index (χ1v) is 16.3. The number of halogens is 2. The first-order valence-electron chi connectivity index (χ1n) is 16.3. The van der Waals surface area contributed by atoms with Crippen LogP contribution >= 0.6 is 0 Å². The van der Waals surface area contributed by atoms with Crippen molar-refractivity contribution in [3.63, 3.8) is 0 Å². The van der Waals surface area contributed by atoms with Crippen LogP contribution in [-0.2, 0) is 23.1 Å². The lowest BCUT2D eigenvalue weighted by atomic mass is 10.0. The fourth-order valence-corrected chi connectivity index (χ4v) is 7.38. The molecule has 5 atom stereocenters. The molecule has 1 saturated carbocycles. The van der Waals surface area contributed by atoms with Crippen LogP contribution in [0, 0.1) is 11.8 Å². The predicted molar refractivity (Wildman–Crippen MR) is 172 cm³/mol. The van der Waals surface area contributed by atoms with Crippen molar-refractivity contribution in [3.8, 4) is 17.3 Å². The number of rotatable bonds is 4. The Hall–Kier alpha value is -4.10. The predicted octanol–water partition coefficient (Wildman–Crippen LogP) is 4.42. The van der Waals surface area contributed by atoms with Crippen molar-refractivity contribution in [2.75, 3.05) is 27.3 Å². The van der Waals surface area contributed by atoms with Gasteiger partial charge in [-0.1, -0.05) is 0 Å². The number of ether oxygens (including phenoxy) is 2. The van der Waals surface area contributed by atoms with Gasteiger partial charge in [-0.05, 0) is 68.9 Å². The van der Waals surface area contributed by atoms with E-state index >= 15 is 8.78 Å². The van der Waals surface area contributed by atoms with E-state index in [0.717, 1.165) is 6.42 Å². The largest absolute Gasteiger partial charge is 0.494 e. The third-order valence-electron chi connectivity index (χ3n) is 10.1. The highest BCUT2D eigenvalue weighted by Crippen LogP contribution is 2.44. The second-order valence-corrected chi connectivity index (χ2v) is 13.4. The molecule has 7 rings (SSSR count). The van der Waals surface area contributed by atoms with Gasteiger partial charge in [0.1, 0.15) is 16.9 Å². The molecule has 1 aromatic carbocycles. The van der Waals surface area contributed by atoms with Crippen LogP contribution < -0.4 is 15.8 Å². The maximum atomic E-state index is 15.7. The van der Waals surface area contributed by atoms with Crippen molar-refractivity contribution in [3.05, 3.63) is 41.6 Å². The average Bonchev–Trinajstić information content (AvgIpc) is 3.64. The first kappa shape index (κ1) is 31.5. The molecule has 2 bridgehead atoms.